The molecule has 0 atom stereocenters. The number of furan rings is 1. The molecule has 0 bridgehead atoms. The van der Waals surface area contributed by atoms with Crippen LogP contribution >= 0.6 is 22.6 Å². The third-order valence-electron chi connectivity index (χ3n) is 1.43. The van der Waals surface area contributed by atoms with Gasteiger partial charge in [-0.3, -0.25) is 0 Å². The van der Waals surface area contributed by atoms with Crippen LogP contribution in [0.1, 0.15) is 18.4 Å². The number of hydrogen-bond donors (Lipinski definition) is 0. The van der Waals surface area contributed by atoms with Crippen LogP contribution in [0.3, 0.4) is 0 Å². The van der Waals surface area contributed by atoms with Gasteiger partial charge in [0.25, 0.3) is 0 Å². The van der Waals surface area contributed by atoms with Crippen molar-refractivity contribution in [1.82, 2.24) is 0 Å². The molecule has 0 saturated carbocycles. The quantitative estimate of drug-likeness (QED) is 0.454. The molecule has 56 valence electrons. The van der Waals surface area contributed by atoms with Gasteiger partial charge in [-0.2, -0.15) is 0 Å². The molecular formula is C8H11IO. The molecule has 1 aromatic rings. The van der Waals surface area contributed by atoms with Crippen LogP contribution in [-0.4, -0.2) is 4.43 Å². The Bertz CT molecular complexity index is 158. The molecule has 10 heavy (non-hydrogen) atoms. The molecular weight excluding hydrogens is 239 g/mol. The Kier molecular flexibility index (Phi) is 3.87. The zero-order valence-electron chi connectivity index (χ0n) is 5.85. The first-order chi connectivity index (χ1) is 4.93. The number of rotatable bonds is 4. The summed E-state index contributed by atoms with van der Waals surface area (Å²) < 4.78 is 6.20. The van der Waals surface area contributed by atoms with Crippen molar-refractivity contribution in [2.45, 2.75) is 19.3 Å². The topological polar surface area (TPSA) is 13.1 Å². The van der Waals surface area contributed by atoms with Gasteiger partial charge in [0.1, 0.15) is 0 Å². The Morgan fingerprint density at radius 1 is 1.40 bits per heavy atom. The summed E-state index contributed by atoms with van der Waals surface area (Å²) in [6, 6.07) is 2.03. The summed E-state index contributed by atoms with van der Waals surface area (Å²) in [6.45, 7) is 0. The van der Waals surface area contributed by atoms with E-state index >= 15 is 0 Å². The Morgan fingerprint density at radius 2 is 2.30 bits per heavy atom. The molecule has 1 rings (SSSR count). The molecule has 0 saturated heterocycles. The van der Waals surface area contributed by atoms with Gasteiger partial charge in [0.2, 0.25) is 0 Å². The number of hydrogen-bond acceptors (Lipinski definition) is 1. The highest BCUT2D eigenvalue weighted by Crippen LogP contribution is 2.05. The maximum Gasteiger partial charge on any atom is 0.0934 e. The van der Waals surface area contributed by atoms with Gasteiger partial charge < -0.3 is 4.42 Å². The standard InChI is InChI=1S/C8H11IO/c9-5-2-1-3-8-4-6-10-7-8/h4,6-7H,1-3,5H2. The molecule has 1 nitrogen and oxygen atoms in total. The third kappa shape index (κ3) is 2.73. The van der Waals surface area contributed by atoms with Crippen LogP contribution in [0.2, 0.25) is 0 Å². The molecule has 0 N–H and O–H groups in total. The zero-order valence-corrected chi connectivity index (χ0v) is 8.00. The minimum atomic E-state index is 1.17. The summed E-state index contributed by atoms with van der Waals surface area (Å²) in [4.78, 5) is 0. The first-order valence-electron chi connectivity index (χ1n) is 3.50. The van der Waals surface area contributed by atoms with Crippen molar-refractivity contribution in [2.24, 2.45) is 0 Å². The largest absolute Gasteiger partial charge is 0.472 e. The van der Waals surface area contributed by atoms with Crippen LogP contribution in [-0.2, 0) is 6.42 Å². The highest BCUT2D eigenvalue weighted by Gasteiger charge is 1.92. The van der Waals surface area contributed by atoms with Gasteiger partial charge in [-0.25, -0.2) is 0 Å². The molecule has 0 unspecified atom stereocenters. The van der Waals surface area contributed by atoms with E-state index in [1.54, 1.807) is 6.26 Å². The van der Waals surface area contributed by atoms with Crippen LogP contribution in [0.15, 0.2) is 23.0 Å². The zero-order chi connectivity index (χ0) is 7.23. The van der Waals surface area contributed by atoms with Crippen molar-refractivity contribution in [3.8, 4) is 0 Å². The monoisotopic (exact) mass is 250 g/mol. The summed E-state index contributed by atoms with van der Waals surface area (Å²) in [5, 5.41) is 0. The summed E-state index contributed by atoms with van der Waals surface area (Å²) in [5.74, 6) is 0. The van der Waals surface area contributed by atoms with E-state index in [9.17, 15) is 0 Å². The normalized spacial score (nSPS) is 10.1. The van der Waals surface area contributed by atoms with E-state index in [0.717, 1.165) is 0 Å². The van der Waals surface area contributed by atoms with Gasteiger partial charge in [-0.15, -0.1) is 0 Å². The number of aryl methyl sites for hydroxylation is 1. The van der Waals surface area contributed by atoms with Crippen molar-refractivity contribution in [3.63, 3.8) is 0 Å². The minimum Gasteiger partial charge on any atom is -0.472 e. The fraction of sp³-hybridized carbons (Fsp3) is 0.500. The lowest BCUT2D eigenvalue weighted by atomic mass is 10.2. The fourth-order valence-corrected chi connectivity index (χ4v) is 1.40. The lowest BCUT2D eigenvalue weighted by molar-refractivity contribution is 0.563. The van der Waals surface area contributed by atoms with E-state index in [-0.39, 0.29) is 0 Å². The molecule has 1 heterocycles. The summed E-state index contributed by atoms with van der Waals surface area (Å²) in [6.07, 6.45) is 7.32. The molecule has 0 spiro atoms. The highest BCUT2D eigenvalue weighted by molar-refractivity contribution is 14.1. The van der Waals surface area contributed by atoms with E-state index < -0.39 is 0 Å². The second-order valence-electron chi connectivity index (χ2n) is 2.28. The minimum absolute atomic E-state index is 1.17. The predicted molar refractivity (Wildman–Crippen MR) is 50.5 cm³/mol. The molecule has 0 amide bonds. The summed E-state index contributed by atoms with van der Waals surface area (Å²) in [5.41, 5.74) is 1.32. The van der Waals surface area contributed by atoms with Crippen LogP contribution in [0.4, 0.5) is 0 Å². The maximum atomic E-state index is 4.94. The molecule has 0 fully saturated rings. The predicted octanol–water partition coefficient (Wildman–Crippen LogP) is 3.04. The highest BCUT2D eigenvalue weighted by atomic mass is 127. The van der Waals surface area contributed by atoms with Crippen molar-refractivity contribution in [3.05, 3.63) is 24.2 Å². The van der Waals surface area contributed by atoms with E-state index in [0.29, 0.717) is 0 Å². The Morgan fingerprint density at radius 3 is 2.90 bits per heavy atom. The molecule has 1 aromatic heterocycles. The molecule has 2 heteroatoms. The van der Waals surface area contributed by atoms with Crippen LogP contribution in [0, 0.1) is 0 Å². The third-order valence-corrected chi connectivity index (χ3v) is 2.19. The van der Waals surface area contributed by atoms with Gasteiger partial charge in [-0.1, -0.05) is 22.6 Å². The molecule has 0 aliphatic carbocycles. The van der Waals surface area contributed by atoms with Gasteiger partial charge in [0.05, 0.1) is 12.5 Å². The maximum absolute atomic E-state index is 4.94. The van der Waals surface area contributed by atoms with Crippen molar-refractivity contribution >= 4 is 22.6 Å². The van der Waals surface area contributed by atoms with Crippen molar-refractivity contribution in [2.75, 3.05) is 4.43 Å². The first kappa shape index (κ1) is 8.11. The average molecular weight is 250 g/mol. The molecule has 0 aliphatic heterocycles. The van der Waals surface area contributed by atoms with E-state index in [4.69, 9.17) is 4.42 Å². The van der Waals surface area contributed by atoms with E-state index in [2.05, 4.69) is 22.6 Å². The van der Waals surface area contributed by atoms with Gasteiger partial charge in [-0.05, 0) is 35.3 Å². The summed E-state index contributed by atoms with van der Waals surface area (Å²) in [7, 11) is 0. The number of unbranched alkanes of at least 4 members (excludes halogenated alkanes) is 1. The SMILES string of the molecule is ICCCCc1ccoc1. The Labute approximate surface area is 74.9 Å². The van der Waals surface area contributed by atoms with E-state index in [1.165, 1.54) is 29.3 Å². The molecule has 0 radical (unpaired) electrons. The lowest BCUT2D eigenvalue weighted by Gasteiger charge is -1.92. The smallest absolute Gasteiger partial charge is 0.0934 e. The Balaban J connectivity index is 2.15. The average Bonchev–Trinajstić information content (AvgIpc) is 2.41. The van der Waals surface area contributed by atoms with Gasteiger partial charge in [0.15, 0.2) is 0 Å². The lowest BCUT2D eigenvalue weighted by Crippen LogP contribution is -1.81. The fourth-order valence-electron chi connectivity index (χ4n) is 0.859. The van der Waals surface area contributed by atoms with E-state index in [1.807, 2.05) is 12.3 Å². The first-order valence-corrected chi connectivity index (χ1v) is 5.03. The van der Waals surface area contributed by atoms with Gasteiger partial charge >= 0.3 is 0 Å². The number of halogens is 1. The second kappa shape index (κ2) is 4.77. The second-order valence-corrected chi connectivity index (χ2v) is 3.36. The van der Waals surface area contributed by atoms with Gasteiger partial charge in [0, 0.05) is 0 Å². The molecule has 0 aliphatic rings. The Hall–Kier alpha value is 0.01000. The van der Waals surface area contributed by atoms with Crippen molar-refractivity contribution in [1.29, 1.82) is 0 Å². The summed E-state index contributed by atoms with van der Waals surface area (Å²) >= 11 is 2.41. The van der Waals surface area contributed by atoms with Crippen LogP contribution in [0.5, 0.6) is 0 Å². The van der Waals surface area contributed by atoms with Crippen LogP contribution in [0.25, 0.3) is 0 Å². The van der Waals surface area contributed by atoms with Crippen LogP contribution < -0.4 is 0 Å². The number of alkyl halides is 1. The van der Waals surface area contributed by atoms with Crippen molar-refractivity contribution < 1.29 is 4.42 Å². The molecule has 0 aromatic carbocycles.